The Morgan fingerprint density at radius 3 is 1.31 bits per heavy atom. The van der Waals surface area contributed by atoms with Gasteiger partial charge in [-0.05, 0) is 6.42 Å². The van der Waals surface area contributed by atoms with E-state index < -0.39 is 116 Å². The quantitative estimate of drug-likeness (QED) is 0.0961. The number of ether oxygens (including phenoxy) is 11. The molecule has 18 nitrogen and oxygen atoms in total. The molecule has 0 amide bonds. The maximum atomic E-state index is 12.4. The predicted octanol–water partition coefficient (Wildman–Crippen LogP) is 0.252. The lowest BCUT2D eigenvalue weighted by molar-refractivity contribution is -0.361. The van der Waals surface area contributed by atoms with E-state index >= 15 is 0 Å². The van der Waals surface area contributed by atoms with Crippen LogP contribution in [0.2, 0.25) is 0 Å². The Balaban J connectivity index is 2.71. The smallest absolute Gasteiger partial charge is 0.303 e. The minimum atomic E-state index is -1.77. The summed E-state index contributed by atoms with van der Waals surface area (Å²) in [5.41, 5.74) is 0. The molecule has 0 aliphatic carbocycles. The predicted molar refractivity (Wildman–Crippen MR) is 155 cm³/mol. The van der Waals surface area contributed by atoms with Gasteiger partial charge in [-0.2, -0.15) is 0 Å². The van der Waals surface area contributed by atoms with E-state index in [2.05, 4.69) is 0 Å². The number of alkyl halides is 1. The number of carbonyl (C=O) groups excluding carboxylic acids is 7. The zero-order valence-electron chi connectivity index (χ0n) is 27.5. The first kappa shape index (κ1) is 40.6. The summed E-state index contributed by atoms with van der Waals surface area (Å²) in [5.74, 6) is -5.59. The fourth-order valence-corrected chi connectivity index (χ4v) is 4.97. The molecule has 0 radical (unpaired) electrons. The third-order valence-corrected chi connectivity index (χ3v) is 6.71. The fraction of sp³-hybridized carbons (Fsp3) is 0.759. The molecule has 19 heteroatoms. The van der Waals surface area contributed by atoms with Crippen molar-refractivity contribution in [2.75, 3.05) is 25.7 Å². The summed E-state index contributed by atoms with van der Waals surface area (Å²) in [4.78, 5) is 84.8. The number of rotatable bonds is 15. The first-order chi connectivity index (χ1) is 22.5. The van der Waals surface area contributed by atoms with Crippen molar-refractivity contribution < 1.29 is 85.7 Å². The minimum Gasteiger partial charge on any atom is -0.463 e. The summed E-state index contributed by atoms with van der Waals surface area (Å²) in [6, 6.07) is 0. The van der Waals surface area contributed by atoms with Gasteiger partial charge in [0.05, 0.1) is 6.61 Å². The molecule has 0 N–H and O–H groups in total. The highest BCUT2D eigenvalue weighted by Gasteiger charge is 2.57. The van der Waals surface area contributed by atoms with Gasteiger partial charge in [0.15, 0.2) is 43.1 Å². The fourth-order valence-electron chi connectivity index (χ4n) is 4.86. The average molecular weight is 713 g/mol. The van der Waals surface area contributed by atoms with Gasteiger partial charge in [0.1, 0.15) is 31.5 Å². The van der Waals surface area contributed by atoms with E-state index in [1.807, 2.05) is 0 Å². The van der Waals surface area contributed by atoms with Gasteiger partial charge in [0.25, 0.3) is 0 Å². The molecular formula is C29H41ClO18. The second kappa shape index (κ2) is 19.4. The summed E-state index contributed by atoms with van der Waals surface area (Å²) in [5, 5.41) is 0. The summed E-state index contributed by atoms with van der Waals surface area (Å²) < 4.78 is 61.6. The molecule has 0 aromatic carbocycles. The SMILES string of the molecule is CC(=O)OCC1O[C@@H](O[C@H]2C(OC(C)=O)C(OC(C)=O)[C@@H](OCCCCl)O[C@@H]2COC(C)=O)C(OC(C)=O)[C@@H](OC(C)=O)[C@H]1OC(C)=O. The van der Waals surface area contributed by atoms with E-state index in [9.17, 15) is 33.6 Å². The largest absolute Gasteiger partial charge is 0.463 e. The third-order valence-electron chi connectivity index (χ3n) is 6.45. The van der Waals surface area contributed by atoms with Gasteiger partial charge in [-0.25, -0.2) is 0 Å². The Bertz CT molecular complexity index is 1160. The Kier molecular flexibility index (Phi) is 16.4. The van der Waals surface area contributed by atoms with Crippen LogP contribution in [-0.4, -0.2) is 129 Å². The summed E-state index contributed by atoms with van der Waals surface area (Å²) >= 11 is 5.78. The van der Waals surface area contributed by atoms with Crippen LogP contribution in [0.15, 0.2) is 0 Å². The van der Waals surface area contributed by atoms with E-state index in [1.165, 1.54) is 0 Å². The number of halogens is 1. The summed E-state index contributed by atoms with van der Waals surface area (Å²) in [7, 11) is 0. The van der Waals surface area contributed by atoms with Crippen molar-refractivity contribution in [3.8, 4) is 0 Å². The van der Waals surface area contributed by atoms with E-state index in [0.29, 0.717) is 6.42 Å². The van der Waals surface area contributed by atoms with Crippen LogP contribution in [0.3, 0.4) is 0 Å². The standard InChI is InChI=1S/C29H41ClO18/c1-13(31)39-11-20-22(41-15(3)33)24(42-16(4)34)27(45-19(7)37)29(47-20)48-23-21(12-40-14(2)32)46-28(38-10-8-9-30)26(44-18(6)36)25(23)43-17(5)35/h20-29H,8-12H2,1-7H3/t20?,21-,22+,23-,24+,25?,26?,27?,28+,29+/m1/s1. The highest BCUT2D eigenvalue weighted by molar-refractivity contribution is 6.17. The number of carbonyl (C=O) groups is 7. The van der Waals surface area contributed by atoms with Gasteiger partial charge in [0.2, 0.25) is 0 Å². The molecule has 0 spiro atoms. The number of esters is 7. The molecule has 2 saturated heterocycles. The van der Waals surface area contributed by atoms with E-state index in [4.69, 9.17) is 63.7 Å². The first-order valence-electron chi connectivity index (χ1n) is 14.8. The lowest BCUT2D eigenvalue weighted by Gasteiger charge is -2.48. The van der Waals surface area contributed by atoms with E-state index in [0.717, 1.165) is 48.5 Å². The Morgan fingerprint density at radius 2 is 0.875 bits per heavy atom. The average Bonchev–Trinajstić information content (AvgIpc) is 2.95. The van der Waals surface area contributed by atoms with E-state index in [1.54, 1.807) is 0 Å². The van der Waals surface area contributed by atoms with Gasteiger partial charge < -0.3 is 52.1 Å². The Morgan fingerprint density at radius 1 is 0.500 bits per heavy atom. The maximum Gasteiger partial charge on any atom is 0.303 e. The highest BCUT2D eigenvalue weighted by atomic mass is 35.5. The third kappa shape index (κ3) is 12.8. The minimum absolute atomic E-state index is 0.0181. The molecule has 2 aliphatic rings. The molecule has 2 heterocycles. The van der Waals surface area contributed by atoms with Crippen molar-refractivity contribution in [1.29, 1.82) is 0 Å². The maximum absolute atomic E-state index is 12.4. The first-order valence-corrected chi connectivity index (χ1v) is 15.3. The monoisotopic (exact) mass is 712 g/mol. The van der Waals surface area contributed by atoms with Gasteiger partial charge in [0, 0.05) is 54.3 Å². The molecule has 272 valence electrons. The molecule has 0 saturated carbocycles. The molecule has 0 bridgehead atoms. The van der Waals surface area contributed by atoms with Crippen molar-refractivity contribution in [2.24, 2.45) is 0 Å². The molecule has 10 atom stereocenters. The molecule has 2 rings (SSSR count). The van der Waals surface area contributed by atoms with Crippen LogP contribution in [0.4, 0.5) is 0 Å². The normalized spacial score (nSPS) is 29.8. The molecule has 2 fully saturated rings. The van der Waals surface area contributed by atoms with Crippen molar-refractivity contribution in [1.82, 2.24) is 0 Å². The topological polar surface area (TPSA) is 221 Å². The Labute approximate surface area is 281 Å². The van der Waals surface area contributed by atoms with Crippen LogP contribution in [0.1, 0.15) is 54.9 Å². The van der Waals surface area contributed by atoms with Crippen molar-refractivity contribution in [2.45, 2.75) is 116 Å². The number of hydrogen-bond acceptors (Lipinski definition) is 18. The van der Waals surface area contributed by atoms with Crippen LogP contribution in [0, 0.1) is 0 Å². The second-order valence-electron chi connectivity index (χ2n) is 10.6. The van der Waals surface area contributed by atoms with Gasteiger partial charge in [-0.1, -0.05) is 0 Å². The molecule has 4 unspecified atom stereocenters. The van der Waals surface area contributed by atoms with Crippen molar-refractivity contribution in [3.63, 3.8) is 0 Å². The molecule has 2 aliphatic heterocycles. The molecular weight excluding hydrogens is 672 g/mol. The van der Waals surface area contributed by atoms with Crippen LogP contribution in [-0.2, 0) is 85.7 Å². The lowest BCUT2D eigenvalue weighted by Crippen LogP contribution is -2.67. The van der Waals surface area contributed by atoms with Crippen molar-refractivity contribution in [3.05, 3.63) is 0 Å². The van der Waals surface area contributed by atoms with Crippen LogP contribution < -0.4 is 0 Å². The second-order valence-corrected chi connectivity index (χ2v) is 11.0. The summed E-state index contributed by atoms with van der Waals surface area (Å²) in [6.07, 6.45) is -14.9. The van der Waals surface area contributed by atoms with Gasteiger partial charge >= 0.3 is 41.8 Å². The molecule has 48 heavy (non-hydrogen) atoms. The highest BCUT2D eigenvalue weighted by Crippen LogP contribution is 2.35. The van der Waals surface area contributed by atoms with Crippen molar-refractivity contribution >= 4 is 53.4 Å². The van der Waals surface area contributed by atoms with E-state index in [-0.39, 0.29) is 12.5 Å². The zero-order chi connectivity index (χ0) is 36.1. The molecule has 0 aromatic heterocycles. The molecule has 0 aromatic rings. The number of hydrogen-bond donors (Lipinski definition) is 0. The van der Waals surface area contributed by atoms with Crippen LogP contribution >= 0.6 is 11.6 Å². The van der Waals surface area contributed by atoms with Crippen LogP contribution in [0.5, 0.6) is 0 Å². The summed E-state index contributed by atoms with van der Waals surface area (Å²) in [6.45, 7) is 6.44. The van der Waals surface area contributed by atoms with Gasteiger partial charge in [-0.3, -0.25) is 33.6 Å². The zero-order valence-corrected chi connectivity index (χ0v) is 28.3. The van der Waals surface area contributed by atoms with Gasteiger partial charge in [-0.15, -0.1) is 11.6 Å². The Hall–Kier alpha value is -3.58. The lowest BCUT2D eigenvalue weighted by atomic mass is 9.96. The van der Waals surface area contributed by atoms with Crippen LogP contribution in [0.25, 0.3) is 0 Å².